The summed E-state index contributed by atoms with van der Waals surface area (Å²) in [6.45, 7) is 0. The van der Waals surface area contributed by atoms with Crippen molar-refractivity contribution in [1.82, 2.24) is 10.1 Å². The Morgan fingerprint density at radius 3 is 2.50 bits per heavy atom. The highest BCUT2D eigenvalue weighted by Crippen LogP contribution is 2.29. The first-order valence-electron chi connectivity index (χ1n) is 9.57. The molecule has 0 fully saturated rings. The van der Waals surface area contributed by atoms with Gasteiger partial charge in [-0.05, 0) is 35.7 Å². The minimum atomic E-state index is -4.67. The molecule has 34 heavy (non-hydrogen) atoms. The fourth-order valence-corrected chi connectivity index (χ4v) is 4.74. The van der Waals surface area contributed by atoms with E-state index in [2.05, 4.69) is 14.7 Å². The highest BCUT2D eigenvalue weighted by Gasteiger charge is 2.36. The third-order valence-electron chi connectivity index (χ3n) is 4.73. The molecule has 3 rings (SSSR count). The highest BCUT2D eigenvalue weighted by molar-refractivity contribution is 7.94. The number of amides is 1. The number of sulfonamides is 1. The van der Waals surface area contributed by atoms with Crippen molar-refractivity contribution in [2.24, 2.45) is 5.73 Å². The second-order valence-electron chi connectivity index (χ2n) is 7.24. The van der Waals surface area contributed by atoms with Crippen LogP contribution in [0.3, 0.4) is 0 Å². The Morgan fingerprint density at radius 1 is 1.21 bits per heavy atom. The van der Waals surface area contributed by atoms with Crippen LogP contribution in [0.15, 0.2) is 47.3 Å². The van der Waals surface area contributed by atoms with Crippen molar-refractivity contribution in [3.05, 3.63) is 64.8 Å². The van der Waals surface area contributed by atoms with Gasteiger partial charge in [0.15, 0.2) is 5.25 Å². The van der Waals surface area contributed by atoms with Crippen LogP contribution < -0.4 is 10.5 Å². The second-order valence-corrected chi connectivity index (χ2v) is 9.51. The predicted octanol–water partition coefficient (Wildman–Crippen LogP) is 4.06. The third kappa shape index (κ3) is 6.44. The van der Waals surface area contributed by atoms with Crippen LogP contribution >= 0.6 is 11.6 Å². The number of rotatable bonds is 9. The molecule has 1 atom stereocenters. The quantitative estimate of drug-likeness (QED) is 0.409. The summed E-state index contributed by atoms with van der Waals surface area (Å²) in [6, 6.07) is 8.41. The van der Waals surface area contributed by atoms with E-state index in [1.807, 2.05) is 4.72 Å². The van der Waals surface area contributed by atoms with Crippen LogP contribution in [0.4, 0.5) is 23.2 Å². The molecule has 0 saturated carbocycles. The Morgan fingerprint density at radius 2 is 1.94 bits per heavy atom. The fraction of sp³-hybridized carbons (Fsp3) is 0.250. The minimum Gasteiger partial charge on any atom is -0.368 e. The number of nitrogens with two attached hydrogens (primary N) is 1. The Balaban J connectivity index is 1.75. The number of aromatic nitrogens is 2. The van der Waals surface area contributed by atoms with Crippen LogP contribution in [-0.2, 0) is 21.2 Å². The topological polar surface area (TPSA) is 128 Å². The van der Waals surface area contributed by atoms with E-state index < -0.39 is 46.0 Å². The van der Waals surface area contributed by atoms with E-state index in [9.17, 15) is 30.8 Å². The first kappa shape index (κ1) is 25.4. The van der Waals surface area contributed by atoms with E-state index in [4.69, 9.17) is 17.3 Å². The summed E-state index contributed by atoms with van der Waals surface area (Å²) in [5, 5.41) is 1.41. The lowest BCUT2D eigenvalue weighted by molar-refractivity contribution is -0.136. The monoisotopic (exact) mass is 520 g/mol. The van der Waals surface area contributed by atoms with Crippen molar-refractivity contribution in [2.75, 3.05) is 4.72 Å². The van der Waals surface area contributed by atoms with Crippen molar-refractivity contribution in [2.45, 2.75) is 30.7 Å². The highest BCUT2D eigenvalue weighted by atomic mass is 35.5. The summed E-state index contributed by atoms with van der Waals surface area (Å²) in [4.78, 5) is 15.3. The average molecular weight is 521 g/mol. The number of nitrogens with zero attached hydrogens (tertiary/aromatic N) is 2. The Labute approximate surface area is 196 Å². The fourth-order valence-electron chi connectivity index (χ4n) is 3.07. The van der Waals surface area contributed by atoms with E-state index in [1.54, 1.807) is 6.07 Å². The first-order chi connectivity index (χ1) is 15.9. The Kier molecular flexibility index (Phi) is 7.46. The molecule has 3 aromatic rings. The van der Waals surface area contributed by atoms with Crippen molar-refractivity contribution >= 4 is 33.2 Å². The molecule has 0 aliphatic heterocycles. The van der Waals surface area contributed by atoms with Gasteiger partial charge in [0.05, 0.1) is 10.7 Å². The standard InChI is InChI=1S/C20H17ClF4N4O4S/c21-14-8-11(7-12-2-3-13(9-15(12)22)19-27-10-33-28-19)1-4-16(14)29-34(31,32)17(18(26)30)5-6-20(23,24)25/h1-4,8-10,17,29H,5-7H2,(H2,26,30)/t17-/m1/s1. The van der Waals surface area contributed by atoms with E-state index >= 15 is 0 Å². The number of carbonyl (C=O) groups excluding carboxylic acids is 1. The normalized spacial score (nSPS) is 13.0. The van der Waals surface area contributed by atoms with Crippen LogP contribution in [-0.4, -0.2) is 35.9 Å². The zero-order valence-electron chi connectivity index (χ0n) is 17.1. The molecule has 3 N–H and O–H groups in total. The van der Waals surface area contributed by atoms with Gasteiger partial charge in [-0.3, -0.25) is 9.52 Å². The second kappa shape index (κ2) is 9.97. The third-order valence-corrected chi connectivity index (χ3v) is 6.77. The van der Waals surface area contributed by atoms with Crippen molar-refractivity contribution in [3.63, 3.8) is 0 Å². The van der Waals surface area contributed by atoms with Crippen LogP contribution in [0.2, 0.25) is 5.02 Å². The molecule has 0 spiro atoms. The maximum absolute atomic E-state index is 14.5. The predicted molar refractivity (Wildman–Crippen MR) is 115 cm³/mol. The molecule has 1 aromatic heterocycles. The van der Waals surface area contributed by atoms with Gasteiger partial charge in [0.1, 0.15) is 5.82 Å². The van der Waals surface area contributed by atoms with Crippen LogP contribution in [0, 0.1) is 5.82 Å². The van der Waals surface area contributed by atoms with Gasteiger partial charge < -0.3 is 10.3 Å². The lowest BCUT2D eigenvalue weighted by atomic mass is 10.0. The maximum atomic E-state index is 14.5. The van der Waals surface area contributed by atoms with Gasteiger partial charge in [0.25, 0.3) is 0 Å². The number of hydrogen-bond acceptors (Lipinski definition) is 6. The summed E-state index contributed by atoms with van der Waals surface area (Å²) in [5.74, 6) is -1.75. The van der Waals surface area contributed by atoms with Gasteiger partial charge in [-0.1, -0.05) is 35.0 Å². The number of anilines is 1. The summed E-state index contributed by atoms with van der Waals surface area (Å²) < 4.78 is 83.5. The lowest BCUT2D eigenvalue weighted by Crippen LogP contribution is -2.40. The molecule has 1 amide bonds. The molecule has 14 heteroatoms. The number of carbonyl (C=O) groups is 1. The molecule has 8 nitrogen and oxygen atoms in total. The van der Waals surface area contributed by atoms with Crippen molar-refractivity contribution < 1.29 is 35.3 Å². The molecule has 0 unspecified atom stereocenters. The molecule has 0 aliphatic rings. The van der Waals surface area contributed by atoms with Crippen LogP contribution in [0.1, 0.15) is 24.0 Å². The van der Waals surface area contributed by atoms with Crippen LogP contribution in [0.25, 0.3) is 11.4 Å². The molecule has 0 radical (unpaired) electrons. The number of hydrogen-bond donors (Lipinski definition) is 2. The zero-order valence-corrected chi connectivity index (χ0v) is 18.7. The molecule has 0 bridgehead atoms. The van der Waals surface area contributed by atoms with Gasteiger partial charge in [0.2, 0.25) is 28.1 Å². The number of halogens is 5. The Hall–Kier alpha value is -3.19. The number of nitrogens with one attached hydrogen (secondary N) is 1. The molecule has 182 valence electrons. The summed E-state index contributed by atoms with van der Waals surface area (Å²) in [7, 11) is -4.61. The van der Waals surface area contributed by atoms with Gasteiger partial charge >= 0.3 is 6.18 Å². The molecular weight excluding hydrogens is 504 g/mol. The van der Waals surface area contributed by atoms with Gasteiger partial charge in [-0.2, -0.15) is 18.2 Å². The minimum absolute atomic E-state index is 0.0978. The van der Waals surface area contributed by atoms with Crippen molar-refractivity contribution in [1.29, 1.82) is 0 Å². The summed E-state index contributed by atoms with van der Waals surface area (Å²) in [6.07, 6.45) is -6.00. The first-order valence-corrected chi connectivity index (χ1v) is 11.5. The Bertz CT molecular complexity index is 1280. The molecule has 1 heterocycles. The van der Waals surface area contributed by atoms with Gasteiger partial charge in [-0.25, -0.2) is 12.8 Å². The SMILES string of the molecule is NC(=O)[C@@H](CCC(F)(F)F)S(=O)(=O)Nc1ccc(Cc2ccc(-c3ncon3)cc2F)cc1Cl. The smallest absolute Gasteiger partial charge is 0.368 e. The van der Waals surface area contributed by atoms with Crippen LogP contribution in [0.5, 0.6) is 0 Å². The van der Waals surface area contributed by atoms with Gasteiger partial charge in [-0.15, -0.1) is 0 Å². The zero-order chi connectivity index (χ0) is 25.1. The largest absolute Gasteiger partial charge is 0.389 e. The van der Waals surface area contributed by atoms with E-state index in [0.29, 0.717) is 16.7 Å². The average Bonchev–Trinajstić information content (AvgIpc) is 3.25. The van der Waals surface area contributed by atoms with E-state index in [1.165, 1.54) is 30.3 Å². The van der Waals surface area contributed by atoms with E-state index in [0.717, 1.165) is 6.39 Å². The maximum Gasteiger partial charge on any atom is 0.389 e. The number of primary amides is 1. The van der Waals surface area contributed by atoms with Gasteiger partial charge in [0, 0.05) is 18.4 Å². The molecule has 2 aromatic carbocycles. The lowest BCUT2D eigenvalue weighted by Gasteiger charge is -2.18. The molecule has 0 saturated heterocycles. The molecule has 0 aliphatic carbocycles. The molecular formula is C20H17ClF4N4O4S. The summed E-state index contributed by atoms with van der Waals surface area (Å²) in [5.41, 5.74) is 6.06. The number of benzene rings is 2. The van der Waals surface area contributed by atoms with E-state index in [-0.39, 0.29) is 23.0 Å². The summed E-state index contributed by atoms with van der Waals surface area (Å²) >= 11 is 6.12. The van der Waals surface area contributed by atoms with Crippen molar-refractivity contribution in [3.8, 4) is 11.4 Å². The number of alkyl halides is 3.